The summed E-state index contributed by atoms with van der Waals surface area (Å²) in [5.41, 5.74) is 2.70. The largest absolute Gasteiger partial charge is 0.374 e. The van der Waals surface area contributed by atoms with Crippen molar-refractivity contribution in [2.24, 2.45) is 0 Å². The van der Waals surface area contributed by atoms with E-state index in [1.807, 2.05) is 18.2 Å². The molecule has 1 aromatic rings. The topological polar surface area (TPSA) is 75.7 Å². The number of rotatable bonds is 2. The van der Waals surface area contributed by atoms with Crippen LogP contribution >= 0.6 is 0 Å². The van der Waals surface area contributed by atoms with Gasteiger partial charge in [-0.05, 0) is 42.9 Å². The third-order valence-corrected chi connectivity index (χ3v) is 5.10. The highest BCUT2D eigenvalue weighted by atomic mass is 16.5. The minimum Gasteiger partial charge on any atom is -0.374 e. The predicted molar refractivity (Wildman–Crippen MR) is 85.0 cm³/mol. The fraction of sp³-hybridized carbons (Fsp3) is 0.500. The van der Waals surface area contributed by atoms with Crippen molar-refractivity contribution < 1.29 is 19.1 Å². The molecular formula is C18H20N2O4. The lowest BCUT2D eigenvalue weighted by molar-refractivity contribution is -0.136. The molecule has 3 amide bonds. The molecule has 0 spiro atoms. The van der Waals surface area contributed by atoms with E-state index in [2.05, 4.69) is 5.32 Å². The molecule has 0 bridgehead atoms. The molecule has 6 nitrogen and oxygen atoms in total. The number of amides is 3. The number of carbonyl (C=O) groups is 3. The summed E-state index contributed by atoms with van der Waals surface area (Å²) >= 11 is 0. The molecule has 0 aromatic heterocycles. The highest BCUT2D eigenvalue weighted by Crippen LogP contribution is 2.33. The quantitative estimate of drug-likeness (QED) is 0.838. The summed E-state index contributed by atoms with van der Waals surface area (Å²) in [6.07, 6.45) is 4.03. The van der Waals surface area contributed by atoms with Crippen LogP contribution in [0.3, 0.4) is 0 Å². The van der Waals surface area contributed by atoms with Crippen molar-refractivity contribution in [2.75, 3.05) is 6.61 Å². The van der Waals surface area contributed by atoms with E-state index >= 15 is 0 Å². The first-order valence-corrected chi connectivity index (χ1v) is 8.52. The third-order valence-electron chi connectivity index (χ3n) is 5.10. The first-order chi connectivity index (χ1) is 11.6. The normalized spacial score (nSPS) is 27.2. The van der Waals surface area contributed by atoms with Crippen molar-refractivity contribution in [3.8, 4) is 0 Å². The Balaban J connectivity index is 1.55. The third kappa shape index (κ3) is 2.60. The lowest BCUT2D eigenvalue weighted by Crippen LogP contribution is -2.52. The Morgan fingerprint density at radius 1 is 1.12 bits per heavy atom. The summed E-state index contributed by atoms with van der Waals surface area (Å²) in [5.74, 6) is -0.768. The van der Waals surface area contributed by atoms with Gasteiger partial charge in [-0.2, -0.15) is 0 Å². The molecule has 0 saturated carbocycles. The number of ether oxygens (including phenoxy) is 1. The molecule has 3 aliphatic heterocycles. The Morgan fingerprint density at radius 3 is 2.75 bits per heavy atom. The van der Waals surface area contributed by atoms with Crippen LogP contribution in [-0.4, -0.2) is 35.3 Å². The zero-order chi connectivity index (χ0) is 16.7. The van der Waals surface area contributed by atoms with Gasteiger partial charge in [-0.3, -0.25) is 19.7 Å². The maximum Gasteiger partial charge on any atom is 0.255 e. The second-order valence-corrected chi connectivity index (χ2v) is 6.67. The van der Waals surface area contributed by atoms with Crippen molar-refractivity contribution in [1.82, 2.24) is 10.2 Å². The average Bonchev–Trinajstić information content (AvgIpc) is 2.92. The van der Waals surface area contributed by atoms with Gasteiger partial charge in [-0.15, -0.1) is 0 Å². The molecular weight excluding hydrogens is 308 g/mol. The fourth-order valence-electron chi connectivity index (χ4n) is 3.80. The lowest BCUT2D eigenvalue weighted by atomic mass is 9.98. The van der Waals surface area contributed by atoms with Crippen LogP contribution in [0.1, 0.15) is 59.7 Å². The number of imide groups is 1. The number of fused-ring (bicyclic) bond motifs is 1. The Kier molecular flexibility index (Phi) is 3.84. The summed E-state index contributed by atoms with van der Waals surface area (Å²) in [5, 5.41) is 2.32. The maximum atomic E-state index is 12.6. The highest BCUT2D eigenvalue weighted by molar-refractivity contribution is 6.05. The Bertz CT molecular complexity index is 709. The Hall–Kier alpha value is -2.21. The first-order valence-electron chi connectivity index (χ1n) is 8.52. The minimum absolute atomic E-state index is 0.101. The summed E-state index contributed by atoms with van der Waals surface area (Å²) in [6.45, 7) is 1.20. The summed E-state index contributed by atoms with van der Waals surface area (Å²) in [7, 11) is 0. The van der Waals surface area contributed by atoms with E-state index in [0.29, 0.717) is 18.5 Å². The van der Waals surface area contributed by atoms with Gasteiger partial charge in [-0.1, -0.05) is 12.1 Å². The lowest BCUT2D eigenvalue weighted by Gasteiger charge is -2.29. The number of hydrogen-bond acceptors (Lipinski definition) is 4. The highest BCUT2D eigenvalue weighted by Gasteiger charge is 2.39. The van der Waals surface area contributed by atoms with E-state index < -0.39 is 6.04 Å². The number of nitrogens with zero attached hydrogens (tertiary/aromatic N) is 1. The average molecular weight is 328 g/mol. The van der Waals surface area contributed by atoms with Crippen molar-refractivity contribution in [1.29, 1.82) is 0 Å². The first kappa shape index (κ1) is 15.3. The molecule has 0 aliphatic carbocycles. The van der Waals surface area contributed by atoms with Gasteiger partial charge in [0.25, 0.3) is 5.91 Å². The second kappa shape index (κ2) is 6.02. The predicted octanol–water partition coefficient (Wildman–Crippen LogP) is 1.69. The number of hydrogen-bond donors (Lipinski definition) is 1. The van der Waals surface area contributed by atoms with Gasteiger partial charge in [0.1, 0.15) is 6.04 Å². The Labute approximate surface area is 140 Å². The van der Waals surface area contributed by atoms with E-state index in [1.165, 1.54) is 0 Å². The van der Waals surface area contributed by atoms with E-state index in [4.69, 9.17) is 4.74 Å². The van der Waals surface area contributed by atoms with Crippen LogP contribution in [0.25, 0.3) is 0 Å². The molecule has 6 heteroatoms. The van der Waals surface area contributed by atoms with Crippen LogP contribution in [0.15, 0.2) is 18.2 Å². The summed E-state index contributed by atoms with van der Waals surface area (Å²) in [4.78, 5) is 37.6. The monoisotopic (exact) mass is 328 g/mol. The maximum absolute atomic E-state index is 12.6. The zero-order valence-electron chi connectivity index (χ0n) is 13.4. The number of carbonyl (C=O) groups excluding carboxylic acids is 3. The fourth-order valence-corrected chi connectivity index (χ4v) is 3.80. The van der Waals surface area contributed by atoms with Gasteiger partial charge in [0.15, 0.2) is 0 Å². The van der Waals surface area contributed by atoms with Gasteiger partial charge in [0.2, 0.25) is 11.8 Å². The molecule has 1 N–H and O–H groups in total. The number of piperidine rings is 1. The molecule has 2 unspecified atom stereocenters. The van der Waals surface area contributed by atoms with Crippen LogP contribution in [0.2, 0.25) is 0 Å². The smallest absolute Gasteiger partial charge is 0.255 e. The molecule has 126 valence electrons. The molecule has 1 aromatic carbocycles. The van der Waals surface area contributed by atoms with E-state index in [0.717, 1.165) is 37.0 Å². The number of nitrogens with one attached hydrogen (secondary N) is 1. The Morgan fingerprint density at radius 2 is 2.00 bits per heavy atom. The zero-order valence-corrected chi connectivity index (χ0v) is 13.4. The van der Waals surface area contributed by atoms with Crippen molar-refractivity contribution >= 4 is 17.7 Å². The van der Waals surface area contributed by atoms with E-state index in [9.17, 15) is 14.4 Å². The molecule has 0 radical (unpaired) electrons. The standard InChI is InChI=1S/C18H20N2O4/c21-16-7-6-14(17(22)19-16)20-10-12-9-11(4-5-13(12)18(20)23)15-3-1-2-8-24-15/h4-5,9,14-15H,1-3,6-8,10H2,(H,19,21,22). The van der Waals surface area contributed by atoms with Crippen LogP contribution in [-0.2, 0) is 20.9 Å². The molecule has 2 fully saturated rings. The van der Waals surface area contributed by atoms with Gasteiger partial charge >= 0.3 is 0 Å². The molecule has 4 rings (SSSR count). The molecule has 2 atom stereocenters. The van der Waals surface area contributed by atoms with Gasteiger partial charge in [0, 0.05) is 25.1 Å². The van der Waals surface area contributed by atoms with E-state index in [1.54, 1.807) is 4.90 Å². The van der Waals surface area contributed by atoms with E-state index in [-0.39, 0.29) is 30.2 Å². The van der Waals surface area contributed by atoms with Crippen LogP contribution < -0.4 is 5.32 Å². The summed E-state index contributed by atoms with van der Waals surface area (Å²) < 4.78 is 5.82. The minimum atomic E-state index is -0.558. The van der Waals surface area contributed by atoms with Crippen LogP contribution in [0.4, 0.5) is 0 Å². The molecule has 24 heavy (non-hydrogen) atoms. The van der Waals surface area contributed by atoms with Gasteiger partial charge in [-0.25, -0.2) is 0 Å². The molecule has 2 saturated heterocycles. The molecule has 3 heterocycles. The van der Waals surface area contributed by atoms with Gasteiger partial charge in [0.05, 0.1) is 6.10 Å². The SMILES string of the molecule is O=C1CCC(N2Cc3cc(C4CCCCO4)ccc3C2=O)C(=O)N1. The van der Waals surface area contributed by atoms with Crippen LogP contribution in [0, 0.1) is 0 Å². The van der Waals surface area contributed by atoms with Crippen molar-refractivity contribution in [3.05, 3.63) is 34.9 Å². The van der Waals surface area contributed by atoms with Gasteiger partial charge < -0.3 is 9.64 Å². The number of benzene rings is 1. The molecule has 3 aliphatic rings. The second-order valence-electron chi connectivity index (χ2n) is 6.67. The van der Waals surface area contributed by atoms with Crippen molar-refractivity contribution in [3.63, 3.8) is 0 Å². The van der Waals surface area contributed by atoms with Crippen molar-refractivity contribution in [2.45, 2.75) is 50.8 Å². The summed E-state index contributed by atoms with van der Waals surface area (Å²) in [6, 6.07) is 5.28. The van der Waals surface area contributed by atoms with Crippen LogP contribution in [0.5, 0.6) is 0 Å².